The van der Waals surface area contributed by atoms with Gasteiger partial charge in [0, 0.05) is 6.54 Å². The summed E-state index contributed by atoms with van der Waals surface area (Å²) in [7, 11) is 0. The third-order valence-corrected chi connectivity index (χ3v) is 3.33. The summed E-state index contributed by atoms with van der Waals surface area (Å²) in [5.41, 5.74) is 0. The van der Waals surface area contributed by atoms with Crippen molar-refractivity contribution in [1.82, 2.24) is 10.6 Å². The highest BCUT2D eigenvalue weighted by molar-refractivity contribution is 5.77. The number of hydrogen-bond donors (Lipinski definition) is 2. The Bertz CT molecular complexity index is 406. The molecule has 0 aliphatic carbocycles. The summed E-state index contributed by atoms with van der Waals surface area (Å²) in [6.07, 6.45) is -0.745. The van der Waals surface area contributed by atoms with Crippen LogP contribution in [0.1, 0.15) is 27.7 Å². The molecule has 0 fully saturated rings. The Morgan fingerprint density at radius 2 is 1.31 bits per heavy atom. The van der Waals surface area contributed by atoms with Crippen molar-refractivity contribution in [1.29, 1.82) is 0 Å². The molecular weight excluding hydrogens is 427 g/mol. The topological polar surface area (TPSA) is 114 Å². The van der Waals surface area contributed by atoms with E-state index in [2.05, 4.69) is 10.6 Å². The molecule has 2 amide bonds. The molecule has 0 rings (SSSR count). The minimum Gasteiger partial charge on any atom is -0.377 e. The maximum atomic E-state index is 13.1. The summed E-state index contributed by atoms with van der Waals surface area (Å²) in [6.45, 7) is 11.7. The lowest BCUT2D eigenvalue weighted by molar-refractivity contribution is -0.127. The lowest BCUT2D eigenvalue weighted by atomic mass is 10.4. The van der Waals surface area contributed by atoms with E-state index in [1.54, 1.807) is 0 Å². The molecule has 0 aromatic rings. The fraction of sp³-hybridized carbons (Fsp3) is 0.905. The Balaban J connectivity index is 0. The minimum absolute atomic E-state index is 0.0289. The molecule has 10 nitrogen and oxygen atoms in total. The zero-order valence-electron chi connectivity index (χ0n) is 20.1. The predicted octanol–water partition coefficient (Wildman–Crippen LogP) is 0.721. The van der Waals surface area contributed by atoms with Gasteiger partial charge in [0.15, 0.2) is 0 Å². The number of halogens is 1. The van der Waals surface area contributed by atoms with E-state index in [4.69, 9.17) is 28.4 Å². The van der Waals surface area contributed by atoms with E-state index in [1.165, 1.54) is 0 Å². The van der Waals surface area contributed by atoms with E-state index >= 15 is 0 Å². The summed E-state index contributed by atoms with van der Waals surface area (Å²) >= 11 is 0. The average molecular weight is 471 g/mol. The van der Waals surface area contributed by atoms with Crippen LogP contribution in [0.15, 0.2) is 0 Å². The van der Waals surface area contributed by atoms with Crippen LogP contribution in [0.2, 0.25) is 0 Å². The molecule has 0 aliphatic rings. The number of amides is 2. The highest BCUT2D eigenvalue weighted by Crippen LogP contribution is 1.90. The lowest BCUT2D eigenvalue weighted by Gasteiger charge is -2.10. The van der Waals surface area contributed by atoms with Gasteiger partial charge < -0.3 is 39.1 Å². The molecular formula is C21H43FN2O8. The number of carbonyl (C=O) groups excluding carboxylic acids is 2. The smallest absolute Gasteiger partial charge is 0.246 e. The van der Waals surface area contributed by atoms with E-state index < -0.39 is 6.17 Å². The van der Waals surface area contributed by atoms with Crippen molar-refractivity contribution in [3.05, 3.63) is 0 Å². The van der Waals surface area contributed by atoms with Crippen LogP contribution in [-0.4, -0.2) is 110 Å². The quantitative estimate of drug-likeness (QED) is 0.166. The third-order valence-electron chi connectivity index (χ3n) is 3.33. The van der Waals surface area contributed by atoms with Gasteiger partial charge in [-0.15, -0.1) is 0 Å². The van der Waals surface area contributed by atoms with Crippen molar-refractivity contribution >= 4 is 12.3 Å². The van der Waals surface area contributed by atoms with Crippen LogP contribution in [0.3, 0.4) is 0 Å². The van der Waals surface area contributed by atoms with Gasteiger partial charge in [-0.05, 0) is 13.8 Å². The maximum absolute atomic E-state index is 13.1. The van der Waals surface area contributed by atoms with E-state index in [-0.39, 0.29) is 38.4 Å². The second-order valence-corrected chi connectivity index (χ2v) is 6.36. The molecule has 0 aromatic heterocycles. The summed E-state index contributed by atoms with van der Waals surface area (Å²) in [5.74, 6) is -0.158. The van der Waals surface area contributed by atoms with Crippen LogP contribution in [0, 0.1) is 0 Å². The predicted molar refractivity (Wildman–Crippen MR) is 119 cm³/mol. The Labute approximate surface area is 191 Å². The number of hydrogen-bond acceptors (Lipinski definition) is 8. The molecule has 0 saturated carbocycles. The van der Waals surface area contributed by atoms with Gasteiger partial charge in [-0.2, -0.15) is 0 Å². The zero-order valence-corrected chi connectivity index (χ0v) is 20.1. The highest BCUT2D eigenvalue weighted by Gasteiger charge is 2.05. The van der Waals surface area contributed by atoms with Gasteiger partial charge in [-0.25, -0.2) is 4.39 Å². The Hall–Kier alpha value is -1.37. The fourth-order valence-corrected chi connectivity index (χ4v) is 1.88. The van der Waals surface area contributed by atoms with Gasteiger partial charge in [-0.3, -0.25) is 9.59 Å². The summed E-state index contributed by atoms with van der Waals surface area (Å²) in [4.78, 5) is 21.4. The van der Waals surface area contributed by atoms with Crippen LogP contribution in [0.5, 0.6) is 0 Å². The molecule has 32 heavy (non-hydrogen) atoms. The van der Waals surface area contributed by atoms with Gasteiger partial charge in [0.2, 0.25) is 12.3 Å². The molecule has 0 saturated heterocycles. The molecule has 0 bridgehead atoms. The first-order valence-electron chi connectivity index (χ1n) is 11.1. The maximum Gasteiger partial charge on any atom is 0.246 e. The number of nitrogens with one attached hydrogen (secondary N) is 2. The summed E-state index contributed by atoms with van der Waals surface area (Å²) in [5, 5.41) is 4.94. The van der Waals surface area contributed by atoms with Crippen molar-refractivity contribution in [2.24, 2.45) is 0 Å². The molecule has 0 heterocycles. The minimum atomic E-state index is -1.22. The monoisotopic (exact) mass is 470 g/mol. The highest BCUT2D eigenvalue weighted by atomic mass is 19.1. The average Bonchev–Trinajstić information content (AvgIpc) is 2.79. The van der Waals surface area contributed by atoms with Crippen LogP contribution >= 0.6 is 0 Å². The van der Waals surface area contributed by atoms with Crippen molar-refractivity contribution < 1.29 is 42.4 Å². The first-order chi connectivity index (χ1) is 15.6. The largest absolute Gasteiger partial charge is 0.377 e. The summed E-state index contributed by atoms with van der Waals surface area (Å²) in [6, 6.07) is 0. The second-order valence-electron chi connectivity index (χ2n) is 6.36. The first kappa shape index (κ1) is 32.8. The Morgan fingerprint density at radius 3 is 1.78 bits per heavy atom. The Kier molecular flexibility index (Phi) is 28.4. The molecule has 2 N–H and O–H groups in total. The van der Waals surface area contributed by atoms with E-state index in [0.29, 0.717) is 65.8 Å². The number of carbonyl (C=O) groups is 2. The van der Waals surface area contributed by atoms with Gasteiger partial charge >= 0.3 is 0 Å². The van der Waals surface area contributed by atoms with Gasteiger partial charge in [0.1, 0.15) is 12.8 Å². The van der Waals surface area contributed by atoms with Crippen molar-refractivity contribution in [2.75, 3.05) is 85.8 Å². The first-order valence-corrected chi connectivity index (χ1v) is 11.1. The lowest BCUT2D eigenvalue weighted by Crippen LogP contribution is -2.31. The molecule has 1 atom stereocenters. The number of ether oxygens (including phenoxy) is 6. The molecule has 0 aromatic carbocycles. The molecule has 192 valence electrons. The standard InChI is InChI=1S/C19H37FN2O8.C2H6/c1-17(2)30-15-19(24)22-3-4-25-5-6-26-7-8-27-9-10-28-11-12-29-14-18(20)13-21-16-23;1-2/h16-18H,3-15H2,1-2H3,(H,21,23)(H,22,24);1-2H3. The van der Waals surface area contributed by atoms with E-state index in [1.807, 2.05) is 27.7 Å². The van der Waals surface area contributed by atoms with Crippen LogP contribution in [0.25, 0.3) is 0 Å². The molecule has 0 spiro atoms. The van der Waals surface area contributed by atoms with Crippen molar-refractivity contribution in [3.8, 4) is 0 Å². The molecule has 0 aliphatic heterocycles. The van der Waals surface area contributed by atoms with E-state index in [9.17, 15) is 14.0 Å². The van der Waals surface area contributed by atoms with Gasteiger partial charge in [0.25, 0.3) is 0 Å². The van der Waals surface area contributed by atoms with E-state index in [0.717, 1.165) is 0 Å². The van der Waals surface area contributed by atoms with Crippen LogP contribution in [-0.2, 0) is 38.0 Å². The van der Waals surface area contributed by atoms with Gasteiger partial charge in [-0.1, -0.05) is 13.8 Å². The zero-order chi connectivity index (χ0) is 24.3. The third kappa shape index (κ3) is 28.6. The molecule has 1 unspecified atom stereocenters. The van der Waals surface area contributed by atoms with Gasteiger partial charge in [0.05, 0.1) is 78.7 Å². The number of rotatable bonds is 23. The number of alkyl halides is 1. The van der Waals surface area contributed by atoms with Crippen molar-refractivity contribution in [3.63, 3.8) is 0 Å². The molecule has 11 heteroatoms. The second kappa shape index (κ2) is 27.7. The normalized spacial score (nSPS) is 11.6. The van der Waals surface area contributed by atoms with Crippen LogP contribution < -0.4 is 10.6 Å². The van der Waals surface area contributed by atoms with Crippen LogP contribution in [0.4, 0.5) is 4.39 Å². The Morgan fingerprint density at radius 1 is 0.844 bits per heavy atom. The summed E-state index contributed by atoms with van der Waals surface area (Å²) < 4.78 is 44.7. The fourth-order valence-electron chi connectivity index (χ4n) is 1.88. The van der Waals surface area contributed by atoms with Crippen molar-refractivity contribution in [2.45, 2.75) is 40.0 Å². The SMILES string of the molecule is CC.CC(C)OCC(=O)NCCOCCOCCOCCOCCOCC(F)CNC=O. The molecule has 0 radical (unpaired) electrons.